The molecule has 0 aliphatic rings. The Morgan fingerprint density at radius 1 is 0.967 bits per heavy atom. The van der Waals surface area contributed by atoms with E-state index in [1.165, 1.54) is 0 Å². The molecule has 0 aliphatic carbocycles. The number of carbonyl (C=O) groups excluding carboxylic acids is 1. The summed E-state index contributed by atoms with van der Waals surface area (Å²) in [6.45, 7) is 4.18. The molecule has 1 amide bonds. The molecule has 1 heterocycles. The lowest BCUT2D eigenvalue weighted by molar-refractivity contribution is 0.0984. The molecule has 0 radical (unpaired) electrons. The maximum atomic E-state index is 13.6. The van der Waals surface area contributed by atoms with Crippen molar-refractivity contribution in [1.82, 2.24) is 4.98 Å². The lowest BCUT2D eigenvalue weighted by Crippen LogP contribution is -2.33. The van der Waals surface area contributed by atoms with Crippen molar-refractivity contribution in [2.75, 3.05) is 4.90 Å². The molecule has 0 fully saturated rings. The lowest BCUT2D eigenvalue weighted by Gasteiger charge is -2.26. The summed E-state index contributed by atoms with van der Waals surface area (Å²) in [5.41, 5.74) is 4.57. The van der Waals surface area contributed by atoms with E-state index >= 15 is 0 Å². The number of carbonyl (C=O) groups is 1. The number of hydrogen-bond acceptors (Lipinski definition) is 2. The molecule has 1 N–H and O–H groups in total. The number of aromatic nitrogens is 1. The number of benzene rings is 3. The first-order valence-electron chi connectivity index (χ1n) is 9.69. The van der Waals surface area contributed by atoms with Gasteiger partial charge in [-0.25, -0.2) is 0 Å². The molecule has 5 heteroatoms. The maximum absolute atomic E-state index is 13.6. The second-order valence-corrected chi connectivity index (χ2v) is 8.16. The number of pyridine rings is 1. The highest BCUT2D eigenvalue weighted by atomic mass is 79.9. The van der Waals surface area contributed by atoms with Gasteiger partial charge in [-0.2, -0.15) is 0 Å². The zero-order valence-electron chi connectivity index (χ0n) is 16.8. The number of para-hydroxylation sites is 1. The highest BCUT2D eigenvalue weighted by Crippen LogP contribution is 2.28. The number of halogens is 1. The normalized spacial score (nSPS) is 10.9. The highest BCUT2D eigenvalue weighted by molar-refractivity contribution is 9.10. The number of H-pyrrole nitrogens is 1. The van der Waals surface area contributed by atoms with E-state index in [4.69, 9.17) is 0 Å². The van der Waals surface area contributed by atoms with Crippen LogP contribution in [-0.2, 0) is 6.54 Å². The number of amides is 1. The Morgan fingerprint density at radius 3 is 2.50 bits per heavy atom. The number of aromatic amines is 1. The van der Waals surface area contributed by atoms with Gasteiger partial charge in [0.15, 0.2) is 0 Å². The molecule has 4 aromatic rings. The van der Waals surface area contributed by atoms with E-state index in [2.05, 4.69) is 20.9 Å². The quantitative estimate of drug-likeness (QED) is 0.421. The predicted octanol–water partition coefficient (Wildman–Crippen LogP) is 5.75. The zero-order chi connectivity index (χ0) is 21.3. The topological polar surface area (TPSA) is 53.2 Å². The van der Waals surface area contributed by atoms with Crippen molar-refractivity contribution < 1.29 is 4.79 Å². The molecule has 0 spiro atoms. The minimum atomic E-state index is -0.191. The first kappa shape index (κ1) is 20.1. The zero-order valence-corrected chi connectivity index (χ0v) is 18.4. The average Bonchev–Trinajstić information content (AvgIpc) is 2.74. The lowest BCUT2D eigenvalue weighted by atomic mass is 10.0. The number of rotatable bonds is 4. The molecule has 4 nitrogen and oxygen atoms in total. The average molecular weight is 461 g/mol. The van der Waals surface area contributed by atoms with Crippen LogP contribution in [0.4, 0.5) is 5.69 Å². The minimum absolute atomic E-state index is 0.163. The summed E-state index contributed by atoms with van der Waals surface area (Å²) in [7, 11) is 0. The molecule has 0 atom stereocenters. The molecule has 4 rings (SSSR count). The van der Waals surface area contributed by atoms with E-state index < -0.39 is 0 Å². The Morgan fingerprint density at radius 2 is 1.70 bits per heavy atom. The van der Waals surface area contributed by atoms with E-state index in [0.717, 1.165) is 32.2 Å². The van der Waals surface area contributed by atoms with Gasteiger partial charge in [0.25, 0.3) is 11.5 Å². The van der Waals surface area contributed by atoms with E-state index in [9.17, 15) is 9.59 Å². The summed E-state index contributed by atoms with van der Waals surface area (Å²) in [4.78, 5) is 31.0. The van der Waals surface area contributed by atoms with Crippen LogP contribution in [0.5, 0.6) is 0 Å². The molecule has 0 saturated heterocycles. The van der Waals surface area contributed by atoms with E-state index in [0.29, 0.717) is 11.1 Å². The molecule has 0 bridgehead atoms. The highest BCUT2D eigenvalue weighted by Gasteiger charge is 2.23. The predicted molar refractivity (Wildman–Crippen MR) is 125 cm³/mol. The van der Waals surface area contributed by atoms with Crippen LogP contribution >= 0.6 is 15.9 Å². The summed E-state index contributed by atoms with van der Waals surface area (Å²) < 4.78 is 0.720. The van der Waals surface area contributed by atoms with Crippen molar-refractivity contribution in [3.8, 4) is 0 Å². The summed E-state index contributed by atoms with van der Waals surface area (Å²) in [6, 6.07) is 22.7. The van der Waals surface area contributed by atoms with Gasteiger partial charge >= 0.3 is 0 Å². The molecule has 3 aromatic carbocycles. The third kappa shape index (κ3) is 3.81. The second kappa shape index (κ2) is 8.28. The first-order chi connectivity index (χ1) is 14.5. The van der Waals surface area contributed by atoms with Crippen LogP contribution in [-0.4, -0.2) is 10.9 Å². The molecule has 30 heavy (non-hydrogen) atoms. The molecule has 1 aromatic heterocycles. The van der Waals surface area contributed by atoms with Gasteiger partial charge in [0.1, 0.15) is 0 Å². The monoisotopic (exact) mass is 460 g/mol. The number of nitrogens with zero attached hydrogens (tertiary/aromatic N) is 1. The van der Waals surface area contributed by atoms with Crippen molar-refractivity contribution >= 4 is 38.4 Å². The van der Waals surface area contributed by atoms with Crippen molar-refractivity contribution in [2.24, 2.45) is 0 Å². The summed E-state index contributed by atoms with van der Waals surface area (Å²) in [6.07, 6.45) is 0. The fraction of sp³-hybridized carbons (Fsp3) is 0.120. The van der Waals surface area contributed by atoms with E-state index in [1.54, 1.807) is 11.0 Å². The van der Waals surface area contributed by atoms with E-state index in [-0.39, 0.29) is 18.0 Å². The fourth-order valence-corrected chi connectivity index (χ4v) is 4.01. The molecular formula is C25H21BrN2O2. The van der Waals surface area contributed by atoms with Gasteiger partial charge in [-0.05, 0) is 76.6 Å². The van der Waals surface area contributed by atoms with Gasteiger partial charge in [-0.3, -0.25) is 9.59 Å². The van der Waals surface area contributed by atoms with Crippen molar-refractivity contribution in [3.05, 3.63) is 110 Å². The summed E-state index contributed by atoms with van der Waals surface area (Å²) in [5.74, 6) is -0.163. The SMILES string of the molecule is Cc1cccc(N(Cc2cc3ccccc3[nH]c2=O)C(=O)c2ccccc2Br)c1C. The van der Waals surface area contributed by atoms with Crippen molar-refractivity contribution in [1.29, 1.82) is 0 Å². The smallest absolute Gasteiger partial charge is 0.259 e. The van der Waals surface area contributed by atoms with Crippen LogP contribution in [0.25, 0.3) is 10.9 Å². The standard InChI is InChI=1S/C25H21BrN2O2/c1-16-8-7-13-23(17(16)2)28(25(30)20-10-4-5-11-21(20)26)15-19-14-18-9-3-6-12-22(18)27-24(19)29/h3-14H,15H2,1-2H3,(H,27,29). The largest absolute Gasteiger partial charge is 0.322 e. The Hall–Kier alpha value is -3.18. The van der Waals surface area contributed by atoms with Crippen LogP contribution in [0.3, 0.4) is 0 Å². The van der Waals surface area contributed by atoms with Crippen molar-refractivity contribution in [3.63, 3.8) is 0 Å². The van der Waals surface area contributed by atoms with Gasteiger partial charge in [-0.15, -0.1) is 0 Å². The first-order valence-corrected chi connectivity index (χ1v) is 10.5. The van der Waals surface area contributed by atoms with Gasteiger partial charge in [0, 0.05) is 21.2 Å². The third-order valence-electron chi connectivity index (χ3n) is 5.38. The van der Waals surface area contributed by atoms with Gasteiger partial charge in [0.05, 0.1) is 12.1 Å². The van der Waals surface area contributed by atoms with Gasteiger partial charge < -0.3 is 9.88 Å². The van der Waals surface area contributed by atoms with Crippen LogP contribution < -0.4 is 10.5 Å². The molecular weight excluding hydrogens is 440 g/mol. The van der Waals surface area contributed by atoms with Crippen LogP contribution in [0.1, 0.15) is 27.0 Å². The summed E-state index contributed by atoms with van der Waals surface area (Å²) in [5, 5.41) is 0.932. The molecule has 0 aliphatic heterocycles. The Bertz CT molecular complexity index is 1310. The maximum Gasteiger partial charge on any atom is 0.259 e. The van der Waals surface area contributed by atoms with Crippen LogP contribution in [0.2, 0.25) is 0 Å². The number of nitrogens with one attached hydrogen (secondary N) is 1. The second-order valence-electron chi connectivity index (χ2n) is 7.30. The molecule has 0 unspecified atom stereocenters. The summed E-state index contributed by atoms with van der Waals surface area (Å²) >= 11 is 3.49. The van der Waals surface area contributed by atoms with Gasteiger partial charge in [-0.1, -0.05) is 42.5 Å². The van der Waals surface area contributed by atoms with Gasteiger partial charge in [0.2, 0.25) is 0 Å². The Kier molecular flexibility index (Phi) is 5.55. The minimum Gasteiger partial charge on any atom is -0.322 e. The number of aryl methyl sites for hydroxylation is 1. The third-order valence-corrected chi connectivity index (χ3v) is 6.07. The van der Waals surface area contributed by atoms with Crippen LogP contribution in [0, 0.1) is 13.8 Å². The van der Waals surface area contributed by atoms with Crippen molar-refractivity contribution in [2.45, 2.75) is 20.4 Å². The van der Waals surface area contributed by atoms with Crippen LogP contribution in [0.15, 0.2) is 82.1 Å². The number of hydrogen-bond donors (Lipinski definition) is 1. The molecule has 0 saturated carbocycles. The Labute approximate surface area is 183 Å². The number of anilines is 1. The number of fused-ring (bicyclic) bond motifs is 1. The Balaban J connectivity index is 1.85. The fourth-order valence-electron chi connectivity index (χ4n) is 3.55. The molecule has 150 valence electrons. The van der Waals surface area contributed by atoms with E-state index in [1.807, 2.05) is 80.6 Å².